The number of phosphoric ester groups is 1. The predicted octanol–water partition coefficient (Wildman–Crippen LogP) is 12.9. The second-order valence-corrected chi connectivity index (χ2v) is 23.9. The molecular weight excluding hydrogens is 1050 g/mol. The number of amides is 1. The first kappa shape index (κ1) is 75.3. The molecule has 1 saturated heterocycles. The maximum absolute atomic E-state index is 14.0. The monoisotopic (exact) mass is 1160 g/mol. The van der Waals surface area contributed by atoms with Crippen LogP contribution < -0.4 is 10.6 Å². The Balaban J connectivity index is 3.18. The summed E-state index contributed by atoms with van der Waals surface area (Å²) in [6, 6.07) is -3.39. The first-order valence-electron chi connectivity index (χ1n) is 32.1. The third-order valence-electron chi connectivity index (χ3n) is 15.2. The van der Waals surface area contributed by atoms with Crippen molar-refractivity contribution in [2.45, 2.75) is 346 Å². The molecule has 1 amide bonds. The molecule has 0 aromatic carbocycles. The van der Waals surface area contributed by atoms with Crippen molar-refractivity contribution < 1.29 is 77.1 Å². The van der Waals surface area contributed by atoms with Crippen molar-refractivity contribution in [2.24, 2.45) is 0 Å². The van der Waals surface area contributed by atoms with E-state index in [4.69, 9.17) is 23.5 Å². The van der Waals surface area contributed by atoms with Crippen molar-refractivity contribution in [3.63, 3.8) is 0 Å². The van der Waals surface area contributed by atoms with Crippen LogP contribution in [0.3, 0.4) is 0 Å². The van der Waals surface area contributed by atoms with Crippen molar-refractivity contribution >= 4 is 37.6 Å². The zero-order chi connectivity index (χ0) is 59.1. The van der Waals surface area contributed by atoms with Gasteiger partial charge < -0.3 is 49.4 Å². The molecule has 1 rings (SSSR count). The predicted molar refractivity (Wildman–Crippen MR) is 312 cm³/mol. The lowest BCUT2D eigenvalue weighted by Crippen LogP contribution is -2.69. The molecule has 0 aromatic heterocycles. The van der Waals surface area contributed by atoms with Crippen LogP contribution in [0, 0.1) is 0 Å². The SMILES string of the molecule is CCCCCCCCCCCC(=O)O[C@H](CCCCCCCCCCC)CC(=O)N[C@@H]1[C@@H](O)[C@H](OP(=O)(O)O)[C@@H](CO)O[C@H]1N[C@@H](COC(=O)C[C@@H](CCCCCCCCCCC)OC(=O)CCCCCCCCCCC)C(=O)O. The summed E-state index contributed by atoms with van der Waals surface area (Å²) in [6.07, 6.45) is 30.3. The maximum atomic E-state index is 14.0. The van der Waals surface area contributed by atoms with Gasteiger partial charge in [0.1, 0.15) is 49.4 Å². The van der Waals surface area contributed by atoms with Gasteiger partial charge in [0, 0.05) is 12.8 Å². The molecule has 1 fully saturated rings. The minimum atomic E-state index is -5.33. The van der Waals surface area contributed by atoms with E-state index < -0.39 is 99.7 Å². The summed E-state index contributed by atoms with van der Waals surface area (Å²) in [5.41, 5.74) is 0. The number of nitrogens with one attached hydrogen (secondary N) is 2. The van der Waals surface area contributed by atoms with Gasteiger partial charge in [0.05, 0.1) is 25.5 Å². The van der Waals surface area contributed by atoms with E-state index in [-0.39, 0.29) is 25.7 Å². The Hall–Kier alpha value is -2.70. The van der Waals surface area contributed by atoms with Gasteiger partial charge in [0.2, 0.25) is 5.91 Å². The number of unbranched alkanes of at least 4 members (excludes halogenated alkanes) is 32. The van der Waals surface area contributed by atoms with E-state index in [2.05, 4.69) is 38.3 Å². The molecule has 1 heterocycles. The molecule has 1 aliphatic heterocycles. The number of hydrogen-bond acceptors (Lipinski definition) is 14. The fourth-order valence-corrected chi connectivity index (χ4v) is 11.0. The number of rotatable bonds is 55. The molecule has 80 heavy (non-hydrogen) atoms. The quantitative estimate of drug-likeness (QED) is 0.0129. The van der Waals surface area contributed by atoms with Crippen molar-refractivity contribution in [3.8, 4) is 0 Å². The number of aliphatic hydroxyl groups is 2. The lowest BCUT2D eigenvalue weighted by molar-refractivity contribution is -0.202. The lowest BCUT2D eigenvalue weighted by atomic mass is 9.95. The van der Waals surface area contributed by atoms with Crippen molar-refractivity contribution in [1.82, 2.24) is 10.6 Å². The Morgan fingerprint density at radius 2 is 0.887 bits per heavy atom. The van der Waals surface area contributed by atoms with Gasteiger partial charge in [-0.1, -0.05) is 233 Å². The number of aliphatic carboxylic acids is 1. The van der Waals surface area contributed by atoms with Gasteiger partial charge in [0.15, 0.2) is 0 Å². The van der Waals surface area contributed by atoms with Gasteiger partial charge in [0.25, 0.3) is 0 Å². The summed E-state index contributed by atoms with van der Waals surface area (Å²) in [5, 5.41) is 37.6. The first-order valence-corrected chi connectivity index (χ1v) is 33.6. The smallest absolute Gasteiger partial charge is 0.470 e. The summed E-state index contributed by atoms with van der Waals surface area (Å²) >= 11 is 0. The Morgan fingerprint density at radius 3 is 1.25 bits per heavy atom. The van der Waals surface area contributed by atoms with Gasteiger partial charge >= 0.3 is 31.7 Å². The number of hydrogen-bond donors (Lipinski definition) is 7. The lowest BCUT2D eigenvalue weighted by Gasteiger charge is -2.45. The van der Waals surface area contributed by atoms with Crippen molar-refractivity contribution in [3.05, 3.63) is 0 Å². The molecule has 0 unspecified atom stereocenters. The van der Waals surface area contributed by atoms with Crippen LogP contribution in [0.5, 0.6) is 0 Å². The van der Waals surface area contributed by atoms with E-state index in [9.17, 15) is 53.6 Å². The van der Waals surface area contributed by atoms with E-state index in [0.717, 1.165) is 96.3 Å². The number of carbonyl (C=O) groups excluding carboxylic acids is 4. The van der Waals surface area contributed by atoms with Crippen LogP contribution in [0.15, 0.2) is 0 Å². The molecule has 0 spiro atoms. The van der Waals surface area contributed by atoms with Gasteiger partial charge in [-0.15, -0.1) is 0 Å². The number of aliphatic hydroxyl groups excluding tert-OH is 2. The van der Waals surface area contributed by atoms with E-state index >= 15 is 0 Å². The zero-order valence-corrected chi connectivity index (χ0v) is 51.3. The van der Waals surface area contributed by atoms with E-state index in [1.54, 1.807) is 0 Å². The topological polar surface area (TPSA) is 274 Å². The maximum Gasteiger partial charge on any atom is 0.470 e. The Kier molecular flexibility index (Phi) is 46.8. The fraction of sp³-hybridized carbons (Fsp3) is 0.918. The van der Waals surface area contributed by atoms with Crippen molar-refractivity contribution in [1.29, 1.82) is 0 Å². The molecule has 19 heteroatoms. The van der Waals surface area contributed by atoms with E-state index in [1.165, 1.54) is 109 Å². The van der Waals surface area contributed by atoms with Crippen molar-refractivity contribution in [2.75, 3.05) is 13.2 Å². The minimum absolute atomic E-state index is 0.183. The van der Waals surface area contributed by atoms with E-state index in [0.29, 0.717) is 38.5 Å². The van der Waals surface area contributed by atoms with Crippen LogP contribution in [0.4, 0.5) is 0 Å². The van der Waals surface area contributed by atoms with Crippen LogP contribution in [0.1, 0.15) is 297 Å². The van der Waals surface area contributed by atoms with E-state index in [1.807, 2.05) is 0 Å². The molecule has 0 aromatic rings. The Bertz CT molecular complexity index is 1620. The standard InChI is InChI=1S/C61H115N2O16P/c1-5-9-13-17-21-25-29-33-37-41-49(76-54(66)43-39-35-31-27-23-19-15-11-7-3)45-53(65)63-57-58(69)59(79-80(72,73)74)52(47-64)78-60(57)62-51(61(70)71)48-75-56(68)46-50(42-38-34-30-26-22-18-14-10-6-2)77-55(67)44-40-36-32-28-24-20-16-12-8-4/h49-52,57-60,62,64,69H,5-48H2,1-4H3,(H,63,65)(H,70,71)(H2,72,73,74)/t49-,50-,51+,52-,57-,58-,59-,60-/m1/s1. The van der Waals surface area contributed by atoms with Crippen LogP contribution in [0.25, 0.3) is 0 Å². The van der Waals surface area contributed by atoms with Crippen LogP contribution in [-0.4, -0.2) is 117 Å². The van der Waals surface area contributed by atoms with Crippen LogP contribution in [-0.2, 0) is 52.0 Å². The Labute approximate surface area is 483 Å². The minimum Gasteiger partial charge on any atom is -0.480 e. The second-order valence-electron chi connectivity index (χ2n) is 22.7. The van der Waals surface area contributed by atoms with Crippen LogP contribution >= 0.6 is 7.82 Å². The summed E-state index contributed by atoms with van der Waals surface area (Å²) < 4.78 is 40.1. The number of esters is 3. The average molecular weight is 1160 g/mol. The first-order chi connectivity index (χ1) is 38.6. The molecule has 8 atom stereocenters. The third-order valence-corrected chi connectivity index (χ3v) is 15.7. The Morgan fingerprint density at radius 1 is 0.525 bits per heavy atom. The average Bonchev–Trinajstić information content (AvgIpc) is 3.53. The fourth-order valence-electron chi connectivity index (χ4n) is 10.4. The number of carbonyl (C=O) groups is 5. The highest BCUT2D eigenvalue weighted by Crippen LogP contribution is 2.41. The molecule has 7 N–H and O–H groups in total. The molecule has 0 radical (unpaired) electrons. The molecule has 0 bridgehead atoms. The molecule has 1 aliphatic rings. The van der Waals surface area contributed by atoms with Crippen LogP contribution in [0.2, 0.25) is 0 Å². The van der Waals surface area contributed by atoms with Gasteiger partial charge in [-0.3, -0.25) is 33.8 Å². The largest absolute Gasteiger partial charge is 0.480 e. The summed E-state index contributed by atoms with van der Waals surface area (Å²) in [4.78, 5) is 86.0. The molecule has 470 valence electrons. The zero-order valence-electron chi connectivity index (χ0n) is 50.4. The number of carboxylic acids is 1. The molecule has 18 nitrogen and oxygen atoms in total. The normalized spacial score (nSPS) is 18.6. The highest BCUT2D eigenvalue weighted by Gasteiger charge is 2.49. The number of carboxylic acid groups (broad SMARTS) is 1. The third kappa shape index (κ3) is 40.5. The molecule has 0 aliphatic carbocycles. The highest BCUT2D eigenvalue weighted by molar-refractivity contribution is 7.46. The number of phosphoric acid groups is 1. The molecule has 0 saturated carbocycles. The summed E-state index contributed by atoms with van der Waals surface area (Å²) in [7, 11) is -5.33. The van der Waals surface area contributed by atoms with Gasteiger partial charge in [-0.25, -0.2) is 4.57 Å². The molecular formula is C61H115N2O16P. The number of ether oxygens (including phenoxy) is 4. The summed E-state index contributed by atoms with van der Waals surface area (Å²) in [5.74, 6) is -3.94. The second kappa shape index (κ2) is 49.7. The van der Waals surface area contributed by atoms with Gasteiger partial charge in [-0.05, 0) is 38.5 Å². The van der Waals surface area contributed by atoms with Gasteiger partial charge in [-0.2, -0.15) is 0 Å². The highest BCUT2D eigenvalue weighted by atomic mass is 31.2. The summed E-state index contributed by atoms with van der Waals surface area (Å²) in [6.45, 7) is 7.03.